The molecule has 0 unspecified atom stereocenters. The summed E-state index contributed by atoms with van der Waals surface area (Å²) in [7, 11) is 2.65. The summed E-state index contributed by atoms with van der Waals surface area (Å²) in [5.41, 5.74) is 0.167. The predicted octanol–water partition coefficient (Wildman–Crippen LogP) is 3.58. The first-order chi connectivity index (χ1) is 10.0. The zero-order valence-corrected chi connectivity index (χ0v) is 12.6. The topological polar surface area (TPSA) is 44.8 Å². The Morgan fingerprint density at radius 1 is 1.14 bits per heavy atom. The van der Waals surface area contributed by atoms with Crippen LogP contribution in [-0.4, -0.2) is 26.3 Å². The third-order valence-electron chi connectivity index (χ3n) is 3.92. The lowest BCUT2D eigenvalue weighted by atomic mass is 9.89. The fourth-order valence-corrected chi connectivity index (χ4v) is 2.59. The molecule has 1 aliphatic carbocycles. The van der Waals surface area contributed by atoms with Gasteiger partial charge in [0.1, 0.15) is 11.3 Å². The number of methoxy groups -OCH3 is 2. The van der Waals surface area contributed by atoms with E-state index in [0.29, 0.717) is 5.92 Å². The molecule has 1 aliphatic rings. The summed E-state index contributed by atoms with van der Waals surface area (Å²) in [6.07, 6.45) is 3.95. The maximum absolute atomic E-state index is 14.1. The van der Waals surface area contributed by atoms with E-state index < -0.39 is 11.8 Å². The molecule has 0 bridgehead atoms. The lowest BCUT2D eigenvalue weighted by molar-refractivity contribution is 0.0595. The van der Waals surface area contributed by atoms with E-state index in [4.69, 9.17) is 9.47 Å². The summed E-state index contributed by atoms with van der Waals surface area (Å²) in [5, 5.41) is 0. The van der Waals surface area contributed by atoms with Crippen LogP contribution in [0.1, 0.15) is 43.0 Å². The minimum Gasteiger partial charge on any atom is -0.496 e. The summed E-state index contributed by atoms with van der Waals surface area (Å²) in [4.78, 5) is 11.7. The number of esters is 1. The Bertz CT molecular complexity index is 507. The van der Waals surface area contributed by atoms with Gasteiger partial charge in [0, 0.05) is 12.1 Å². The molecule has 1 fully saturated rings. The van der Waals surface area contributed by atoms with Crippen LogP contribution in [0.2, 0.25) is 0 Å². The second-order valence-electron chi connectivity index (χ2n) is 5.47. The molecule has 0 N–H and O–H groups in total. The van der Waals surface area contributed by atoms with Crippen LogP contribution >= 0.6 is 0 Å². The second-order valence-corrected chi connectivity index (χ2v) is 5.47. The van der Waals surface area contributed by atoms with Gasteiger partial charge in [-0.3, -0.25) is 0 Å². The molecule has 1 aromatic rings. The molecule has 2 rings (SSSR count). The number of rotatable bonds is 4. The molecular formula is C16H21FO4. The van der Waals surface area contributed by atoms with Gasteiger partial charge in [0.2, 0.25) is 0 Å². The zero-order valence-electron chi connectivity index (χ0n) is 12.6. The quantitative estimate of drug-likeness (QED) is 0.797. The first kappa shape index (κ1) is 15.6. The van der Waals surface area contributed by atoms with Crippen molar-refractivity contribution < 1.29 is 23.4 Å². The Morgan fingerprint density at radius 2 is 1.81 bits per heavy atom. The zero-order chi connectivity index (χ0) is 15.4. The van der Waals surface area contributed by atoms with E-state index in [1.54, 1.807) is 0 Å². The average Bonchev–Trinajstić information content (AvgIpc) is 2.50. The molecule has 0 heterocycles. The van der Waals surface area contributed by atoms with Crippen molar-refractivity contribution in [3.8, 4) is 11.5 Å². The third kappa shape index (κ3) is 3.65. The first-order valence-corrected chi connectivity index (χ1v) is 7.17. The Kier molecular flexibility index (Phi) is 5.04. The molecule has 1 saturated carbocycles. The summed E-state index contributed by atoms with van der Waals surface area (Å²) in [6.45, 7) is 2.21. The summed E-state index contributed by atoms with van der Waals surface area (Å²) in [6, 6.07) is 2.52. The minimum absolute atomic E-state index is 0.00501. The molecule has 0 atom stereocenters. The van der Waals surface area contributed by atoms with Crippen molar-refractivity contribution in [2.45, 2.75) is 38.7 Å². The van der Waals surface area contributed by atoms with Crippen LogP contribution in [0.3, 0.4) is 0 Å². The molecule has 0 aliphatic heterocycles. The molecule has 116 valence electrons. The van der Waals surface area contributed by atoms with Gasteiger partial charge >= 0.3 is 5.97 Å². The third-order valence-corrected chi connectivity index (χ3v) is 3.92. The predicted molar refractivity (Wildman–Crippen MR) is 76.3 cm³/mol. The fourth-order valence-electron chi connectivity index (χ4n) is 2.59. The Hall–Kier alpha value is -1.78. The van der Waals surface area contributed by atoms with Crippen molar-refractivity contribution in [3.63, 3.8) is 0 Å². The number of ether oxygens (including phenoxy) is 3. The number of halogens is 1. The number of benzene rings is 1. The number of carbonyl (C=O) groups excluding carboxylic acids is 1. The molecule has 0 radical (unpaired) electrons. The van der Waals surface area contributed by atoms with Gasteiger partial charge in [-0.1, -0.05) is 6.92 Å². The molecule has 21 heavy (non-hydrogen) atoms. The summed E-state index contributed by atoms with van der Waals surface area (Å²) in [5.74, 6) is -0.192. The van der Waals surface area contributed by atoms with E-state index in [2.05, 4.69) is 11.7 Å². The minimum atomic E-state index is -0.575. The van der Waals surface area contributed by atoms with Gasteiger partial charge in [0.25, 0.3) is 0 Å². The highest BCUT2D eigenvalue weighted by molar-refractivity contribution is 5.93. The average molecular weight is 296 g/mol. The van der Waals surface area contributed by atoms with E-state index in [1.807, 2.05) is 0 Å². The summed E-state index contributed by atoms with van der Waals surface area (Å²) >= 11 is 0. The van der Waals surface area contributed by atoms with E-state index in [9.17, 15) is 9.18 Å². The largest absolute Gasteiger partial charge is 0.496 e. The molecule has 1 aromatic carbocycles. The SMILES string of the molecule is COC(=O)c1cc(O[C@H]2CC[C@H](C)CC2)c(F)cc1OC. The number of hydrogen-bond acceptors (Lipinski definition) is 4. The smallest absolute Gasteiger partial charge is 0.341 e. The maximum Gasteiger partial charge on any atom is 0.341 e. The molecule has 5 heteroatoms. The standard InChI is InChI=1S/C16H21FO4/c1-10-4-6-11(7-5-10)21-15-8-12(16(18)20-3)14(19-2)9-13(15)17/h8-11H,4-7H2,1-3H3/t10-,11-. The van der Waals surface area contributed by atoms with Gasteiger partial charge < -0.3 is 14.2 Å². The highest BCUT2D eigenvalue weighted by atomic mass is 19.1. The first-order valence-electron chi connectivity index (χ1n) is 7.17. The Labute approximate surface area is 124 Å². The lowest BCUT2D eigenvalue weighted by Crippen LogP contribution is -2.23. The molecule has 0 saturated heterocycles. The number of carbonyl (C=O) groups is 1. The lowest BCUT2D eigenvalue weighted by Gasteiger charge is -2.27. The molecule has 0 aromatic heterocycles. The van der Waals surface area contributed by atoms with E-state index in [1.165, 1.54) is 20.3 Å². The van der Waals surface area contributed by atoms with E-state index >= 15 is 0 Å². The van der Waals surface area contributed by atoms with Crippen molar-refractivity contribution >= 4 is 5.97 Å². The molecule has 0 spiro atoms. The Morgan fingerprint density at radius 3 is 2.38 bits per heavy atom. The van der Waals surface area contributed by atoms with Gasteiger partial charge in [-0.15, -0.1) is 0 Å². The normalized spacial score (nSPS) is 21.7. The highest BCUT2D eigenvalue weighted by Crippen LogP contribution is 2.32. The van der Waals surface area contributed by atoms with Crippen LogP contribution < -0.4 is 9.47 Å². The van der Waals surface area contributed by atoms with Crippen molar-refractivity contribution in [1.29, 1.82) is 0 Å². The van der Waals surface area contributed by atoms with Crippen molar-refractivity contribution in [2.75, 3.05) is 14.2 Å². The van der Waals surface area contributed by atoms with Crippen molar-refractivity contribution in [2.24, 2.45) is 5.92 Å². The van der Waals surface area contributed by atoms with Gasteiger partial charge in [-0.25, -0.2) is 9.18 Å². The monoisotopic (exact) mass is 296 g/mol. The van der Waals surface area contributed by atoms with E-state index in [0.717, 1.165) is 31.7 Å². The van der Waals surface area contributed by atoms with Crippen molar-refractivity contribution in [3.05, 3.63) is 23.5 Å². The van der Waals surface area contributed by atoms with Crippen LogP contribution in [0, 0.1) is 11.7 Å². The second kappa shape index (κ2) is 6.78. The highest BCUT2D eigenvalue weighted by Gasteiger charge is 2.23. The fraction of sp³-hybridized carbons (Fsp3) is 0.562. The maximum atomic E-state index is 14.1. The van der Waals surface area contributed by atoms with Crippen LogP contribution in [0.4, 0.5) is 4.39 Å². The molecule has 4 nitrogen and oxygen atoms in total. The van der Waals surface area contributed by atoms with E-state index in [-0.39, 0.29) is 23.2 Å². The molecule has 0 amide bonds. The van der Waals surface area contributed by atoms with Gasteiger partial charge in [-0.2, -0.15) is 0 Å². The van der Waals surface area contributed by atoms with Crippen LogP contribution in [0.25, 0.3) is 0 Å². The Balaban J connectivity index is 2.21. The summed E-state index contributed by atoms with van der Waals surface area (Å²) < 4.78 is 29.5. The van der Waals surface area contributed by atoms with Gasteiger partial charge in [0.15, 0.2) is 11.6 Å². The number of hydrogen-bond donors (Lipinski definition) is 0. The van der Waals surface area contributed by atoms with Crippen LogP contribution in [0.5, 0.6) is 11.5 Å². The van der Waals surface area contributed by atoms with Crippen molar-refractivity contribution in [1.82, 2.24) is 0 Å². The van der Waals surface area contributed by atoms with Gasteiger partial charge in [-0.05, 0) is 31.6 Å². The molecular weight excluding hydrogens is 275 g/mol. The van der Waals surface area contributed by atoms with Crippen LogP contribution in [0.15, 0.2) is 12.1 Å². The van der Waals surface area contributed by atoms with Crippen LogP contribution in [-0.2, 0) is 4.74 Å². The van der Waals surface area contributed by atoms with Gasteiger partial charge in [0.05, 0.1) is 20.3 Å².